The minimum absolute atomic E-state index is 0.111. The zero-order chi connectivity index (χ0) is 15.0. The third-order valence-electron chi connectivity index (χ3n) is 3.54. The predicted molar refractivity (Wildman–Crippen MR) is 76.4 cm³/mol. The molecule has 2 heterocycles. The minimum atomic E-state index is -3.66. The van der Waals surface area contributed by atoms with Crippen molar-refractivity contribution in [3.63, 3.8) is 0 Å². The fraction of sp³-hybridized carbons (Fsp3) is 0.385. The first-order chi connectivity index (χ1) is 9.96. The first-order valence-electron chi connectivity index (χ1n) is 6.64. The van der Waals surface area contributed by atoms with E-state index in [0.717, 1.165) is 6.20 Å². The van der Waals surface area contributed by atoms with Crippen molar-refractivity contribution in [3.8, 4) is 0 Å². The number of H-pyrrole nitrogens is 1. The van der Waals surface area contributed by atoms with Crippen LogP contribution in [-0.2, 0) is 10.0 Å². The van der Waals surface area contributed by atoms with Gasteiger partial charge < -0.3 is 10.1 Å². The molecule has 1 aliphatic rings. The molecule has 7 nitrogen and oxygen atoms in total. The van der Waals surface area contributed by atoms with E-state index in [1.165, 1.54) is 22.5 Å². The van der Waals surface area contributed by atoms with E-state index in [9.17, 15) is 18.3 Å². The van der Waals surface area contributed by atoms with E-state index in [-0.39, 0.29) is 17.0 Å². The van der Waals surface area contributed by atoms with Crippen LogP contribution < -0.4 is 5.56 Å². The number of β-amino-alcohol motifs (C(OH)–C–C–N with tert-alkyl or cyclic N) is 1. The van der Waals surface area contributed by atoms with E-state index in [1.54, 1.807) is 0 Å². The molecule has 3 rings (SSSR count). The standard InChI is InChI=1S/C13H15N3O4S/c17-9-2-1-5-16(8-9)21(19,20)10-3-4-11-12(6-10)14-7-13(18)15-11/h3-4,6-7,9,17H,1-2,5,8H2,(H,15,18). The van der Waals surface area contributed by atoms with Crippen LogP contribution in [0.4, 0.5) is 0 Å². The Morgan fingerprint density at radius 2 is 2.19 bits per heavy atom. The van der Waals surface area contributed by atoms with Crippen molar-refractivity contribution < 1.29 is 13.5 Å². The summed E-state index contributed by atoms with van der Waals surface area (Å²) < 4.78 is 26.4. The van der Waals surface area contributed by atoms with Crippen LogP contribution in [-0.4, -0.2) is 47.0 Å². The van der Waals surface area contributed by atoms with Crippen LogP contribution in [0.3, 0.4) is 0 Å². The fourth-order valence-electron chi connectivity index (χ4n) is 2.47. The molecule has 1 unspecified atom stereocenters. The van der Waals surface area contributed by atoms with E-state index in [2.05, 4.69) is 9.97 Å². The number of rotatable bonds is 2. The number of aromatic amines is 1. The molecule has 0 bridgehead atoms. The van der Waals surface area contributed by atoms with Gasteiger partial charge in [-0.1, -0.05) is 0 Å². The molecular weight excluding hydrogens is 294 g/mol. The van der Waals surface area contributed by atoms with Crippen molar-refractivity contribution in [2.45, 2.75) is 23.8 Å². The number of aliphatic hydroxyl groups is 1. The van der Waals surface area contributed by atoms with Crippen LogP contribution in [0, 0.1) is 0 Å². The Bertz CT molecular complexity index is 831. The number of aromatic nitrogens is 2. The number of nitrogens with one attached hydrogen (secondary N) is 1. The van der Waals surface area contributed by atoms with E-state index >= 15 is 0 Å². The van der Waals surface area contributed by atoms with Gasteiger partial charge in [-0.05, 0) is 31.0 Å². The van der Waals surface area contributed by atoms with E-state index in [1.807, 2.05) is 0 Å². The number of fused-ring (bicyclic) bond motifs is 1. The molecule has 1 aliphatic heterocycles. The Hall–Kier alpha value is -1.77. The SMILES string of the molecule is O=c1cnc2cc(S(=O)(=O)N3CCCC(O)C3)ccc2[nH]1. The molecule has 2 N–H and O–H groups in total. The maximum absolute atomic E-state index is 12.6. The van der Waals surface area contributed by atoms with Crippen LogP contribution in [0.1, 0.15) is 12.8 Å². The molecule has 112 valence electrons. The van der Waals surface area contributed by atoms with Gasteiger partial charge >= 0.3 is 0 Å². The zero-order valence-corrected chi connectivity index (χ0v) is 12.0. The molecule has 1 aromatic carbocycles. The maximum atomic E-state index is 12.6. The van der Waals surface area contributed by atoms with Crippen molar-refractivity contribution in [3.05, 3.63) is 34.7 Å². The Morgan fingerprint density at radius 3 is 2.95 bits per heavy atom. The second-order valence-corrected chi connectivity index (χ2v) is 7.02. The molecule has 0 amide bonds. The van der Waals surface area contributed by atoms with Gasteiger partial charge in [0.15, 0.2) is 0 Å². The van der Waals surface area contributed by atoms with Gasteiger partial charge in [0, 0.05) is 13.1 Å². The van der Waals surface area contributed by atoms with Gasteiger partial charge in [-0.25, -0.2) is 13.4 Å². The summed E-state index contributed by atoms with van der Waals surface area (Å²) in [5.41, 5.74) is 0.561. The highest BCUT2D eigenvalue weighted by Crippen LogP contribution is 2.22. The first-order valence-corrected chi connectivity index (χ1v) is 8.08. The van der Waals surface area contributed by atoms with Gasteiger partial charge in [-0.2, -0.15) is 4.31 Å². The van der Waals surface area contributed by atoms with E-state index in [4.69, 9.17) is 0 Å². The summed E-state index contributed by atoms with van der Waals surface area (Å²) in [6.07, 6.45) is 1.75. The minimum Gasteiger partial charge on any atom is -0.392 e. The highest BCUT2D eigenvalue weighted by molar-refractivity contribution is 7.89. The molecule has 0 radical (unpaired) electrons. The van der Waals surface area contributed by atoms with Crippen LogP contribution in [0.25, 0.3) is 11.0 Å². The predicted octanol–water partition coefficient (Wildman–Crippen LogP) is 0.0685. The van der Waals surface area contributed by atoms with Gasteiger partial charge in [0.05, 0.1) is 28.2 Å². The van der Waals surface area contributed by atoms with Gasteiger partial charge in [-0.15, -0.1) is 0 Å². The summed E-state index contributed by atoms with van der Waals surface area (Å²) >= 11 is 0. The van der Waals surface area contributed by atoms with Gasteiger partial charge in [-0.3, -0.25) is 4.79 Å². The molecule has 0 aliphatic carbocycles. The number of hydrogen-bond acceptors (Lipinski definition) is 5. The highest BCUT2D eigenvalue weighted by Gasteiger charge is 2.29. The smallest absolute Gasteiger partial charge is 0.266 e. The number of piperidine rings is 1. The van der Waals surface area contributed by atoms with Gasteiger partial charge in [0.2, 0.25) is 10.0 Å². The molecule has 21 heavy (non-hydrogen) atoms. The summed E-state index contributed by atoms with van der Waals surface area (Å²) in [5.74, 6) is 0. The van der Waals surface area contributed by atoms with Crippen molar-refractivity contribution in [2.75, 3.05) is 13.1 Å². The third kappa shape index (κ3) is 2.69. The van der Waals surface area contributed by atoms with E-state index < -0.39 is 16.1 Å². The zero-order valence-electron chi connectivity index (χ0n) is 11.2. The van der Waals surface area contributed by atoms with Gasteiger partial charge in [0.25, 0.3) is 5.56 Å². The van der Waals surface area contributed by atoms with Crippen LogP contribution in [0.15, 0.2) is 34.1 Å². The highest BCUT2D eigenvalue weighted by atomic mass is 32.2. The lowest BCUT2D eigenvalue weighted by Crippen LogP contribution is -2.42. The maximum Gasteiger partial charge on any atom is 0.266 e. The Morgan fingerprint density at radius 1 is 1.38 bits per heavy atom. The molecule has 2 aromatic rings. The average Bonchev–Trinajstić information content (AvgIpc) is 2.46. The van der Waals surface area contributed by atoms with Crippen LogP contribution >= 0.6 is 0 Å². The monoisotopic (exact) mass is 309 g/mol. The molecule has 1 fully saturated rings. The number of aliphatic hydroxyl groups excluding tert-OH is 1. The lowest BCUT2D eigenvalue weighted by Gasteiger charge is -2.29. The van der Waals surface area contributed by atoms with Crippen molar-refractivity contribution >= 4 is 21.1 Å². The topological polar surface area (TPSA) is 103 Å². The second kappa shape index (κ2) is 5.21. The number of benzene rings is 1. The molecular formula is C13H15N3O4S. The van der Waals surface area contributed by atoms with Crippen LogP contribution in [0.5, 0.6) is 0 Å². The largest absolute Gasteiger partial charge is 0.392 e. The molecule has 1 saturated heterocycles. The quantitative estimate of drug-likeness (QED) is 0.817. The second-order valence-electron chi connectivity index (χ2n) is 5.09. The molecule has 1 aromatic heterocycles. The molecule has 1 atom stereocenters. The fourth-order valence-corrected chi connectivity index (χ4v) is 4.00. The summed E-state index contributed by atoms with van der Waals surface area (Å²) in [6, 6.07) is 4.40. The summed E-state index contributed by atoms with van der Waals surface area (Å²) in [7, 11) is -3.66. The molecule has 0 saturated carbocycles. The first kappa shape index (κ1) is 14.2. The Balaban J connectivity index is 2.02. The number of hydrogen-bond donors (Lipinski definition) is 2. The van der Waals surface area contributed by atoms with Crippen LogP contribution in [0.2, 0.25) is 0 Å². The van der Waals surface area contributed by atoms with Crippen molar-refractivity contribution in [1.82, 2.24) is 14.3 Å². The normalized spacial score (nSPS) is 20.7. The van der Waals surface area contributed by atoms with Gasteiger partial charge in [0.1, 0.15) is 0 Å². The molecule has 8 heteroatoms. The Labute approximate surface area is 121 Å². The summed E-state index contributed by atoms with van der Waals surface area (Å²) in [4.78, 5) is 17.8. The Kier molecular flexibility index (Phi) is 3.52. The number of nitrogens with zero attached hydrogens (tertiary/aromatic N) is 2. The average molecular weight is 309 g/mol. The summed E-state index contributed by atoms with van der Waals surface area (Å²) in [6.45, 7) is 0.510. The molecule has 0 spiro atoms. The van der Waals surface area contributed by atoms with Crippen molar-refractivity contribution in [2.24, 2.45) is 0 Å². The lowest BCUT2D eigenvalue weighted by atomic mass is 10.1. The lowest BCUT2D eigenvalue weighted by molar-refractivity contribution is 0.108. The number of sulfonamides is 1. The van der Waals surface area contributed by atoms with Crippen molar-refractivity contribution in [1.29, 1.82) is 0 Å². The van der Waals surface area contributed by atoms with E-state index in [0.29, 0.717) is 30.4 Å². The third-order valence-corrected chi connectivity index (χ3v) is 5.41. The summed E-state index contributed by atoms with van der Waals surface area (Å²) in [5, 5.41) is 9.63.